The van der Waals surface area contributed by atoms with Crippen molar-refractivity contribution in [3.8, 4) is 5.75 Å². The fourth-order valence-electron chi connectivity index (χ4n) is 0.675. The minimum atomic E-state index is -1.24. The van der Waals surface area contributed by atoms with E-state index in [1.807, 2.05) is 0 Å². The van der Waals surface area contributed by atoms with E-state index in [1.54, 1.807) is 0 Å². The molecule has 0 bridgehead atoms. The Morgan fingerprint density at radius 2 is 2.25 bits per heavy atom. The van der Waals surface area contributed by atoms with E-state index >= 15 is 0 Å². The standard InChI is InChI=1S/C7H5NO4/c9-3-4-1-5(7(11)12)8-2-6(4)10/h1-3,10H,(H,11,12). The summed E-state index contributed by atoms with van der Waals surface area (Å²) < 4.78 is 0. The number of rotatable bonds is 2. The molecule has 0 saturated carbocycles. The molecule has 0 aliphatic heterocycles. The predicted molar refractivity (Wildman–Crippen MR) is 38.2 cm³/mol. The lowest BCUT2D eigenvalue weighted by atomic mass is 10.2. The predicted octanol–water partition coefficient (Wildman–Crippen LogP) is 0.298. The van der Waals surface area contributed by atoms with Crippen LogP contribution >= 0.6 is 0 Å². The molecule has 0 aliphatic carbocycles. The van der Waals surface area contributed by atoms with Gasteiger partial charge in [0.1, 0.15) is 11.4 Å². The zero-order valence-corrected chi connectivity index (χ0v) is 5.89. The number of carbonyl (C=O) groups excluding carboxylic acids is 1. The largest absolute Gasteiger partial charge is 0.506 e. The third-order valence-electron chi connectivity index (χ3n) is 1.26. The number of aromatic nitrogens is 1. The number of aromatic carboxylic acids is 1. The van der Waals surface area contributed by atoms with Gasteiger partial charge in [-0.25, -0.2) is 9.78 Å². The second-order valence-electron chi connectivity index (χ2n) is 2.05. The first kappa shape index (κ1) is 8.19. The summed E-state index contributed by atoms with van der Waals surface area (Å²) in [5.41, 5.74) is -0.350. The van der Waals surface area contributed by atoms with Gasteiger partial charge in [0.15, 0.2) is 6.29 Å². The first-order valence-electron chi connectivity index (χ1n) is 3.02. The van der Waals surface area contributed by atoms with Gasteiger partial charge in [-0.15, -0.1) is 0 Å². The van der Waals surface area contributed by atoms with Crippen molar-refractivity contribution in [2.45, 2.75) is 0 Å². The fourth-order valence-corrected chi connectivity index (χ4v) is 0.675. The summed E-state index contributed by atoms with van der Waals surface area (Å²) in [7, 11) is 0. The van der Waals surface area contributed by atoms with Gasteiger partial charge in [-0.2, -0.15) is 0 Å². The maximum absolute atomic E-state index is 10.3. The van der Waals surface area contributed by atoms with E-state index in [1.165, 1.54) is 0 Å². The third-order valence-corrected chi connectivity index (χ3v) is 1.26. The first-order valence-corrected chi connectivity index (χ1v) is 3.02. The van der Waals surface area contributed by atoms with E-state index in [-0.39, 0.29) is 17.0 Å². The molecule has 0 saturated heterocycles. The van der Waals surface area contributed by atoms with E-state index in [0.717, 1.165) is 12.3 Å². The number of carboxylic acids is 1. The normalized spacial score (nSPS) is 9.33. The molecule has 0 radical (unpaired) electrons. The zero-order chi connectivity index (χ0) is 9.14. The van der Waals surface area contributed by atoms with Crippen LogP contribution in [-0.4, -0.2) is 27.5 Å². The van der Waals surface area contributed by atoms with Crippen LogP contribution in [0.25, 0.3) is 0 Å². The van der Waals surface area contributed by atoms with Crippen LogP contribution in [-0.2, 0) is 0 Å². The number of hydrogen-bond donors (Lipinski definition) is 2. The highest BCUT2D eigenvalue weighted by atomic mass is 16.4. The lowest BCUT2D eigenvalue weighted by molar-refractivity contribution is 0.0690. The fraction of sp³-hybridized carbons (Fsp3) is 0. The molecule has 0 amide bonds. The number of pyridine rings is 1. The van der Waals surface area contributed by atoms with Crippen LogP contribution in [0.4, 0.5) is 0 Å². The Balaban J connectivity index is 3.22. The lowest BCUT2D eigenvalue weighted by Crippen LogP contribution is -2.00. The molecule has 12 heavy (non-hydrogen) atoms. The van der Waals surface area contributed by atoms with Crippen molar-refractivity contribution in [2.75, 3.05) is 0 Å². The van der Waals surface area contributed by atoms with E-state index in [2.05, 4.69) is 4.98 Å². The van der Waals surface area contributed by atoms with Crippen molar-refractivity contribution in [1.82, 2.24) is 4.98 Å². The number of hydrogen-bond acceptors (Lipinski definition) is 4. The number of carbonyl (C=O) groups is 2. The van der Waals surface area contributed by atoms with Crippen LogP contribution in [0.3, 0.4) is 0 Å². The molecule has 5 heteroatoms. The van der Waals surface area contributed by atoms with Crippen molar-refractivity contribution < 1.29 is 19.8 Å². The SMILES string of the molecule is O=Cc1cc(C(=O)O)ncc1O. The van der Waals surface area contributed by atoms with Crippen LogP contribution in [0.15, 0.2) is 12.3 Å². The number of nitrogens with zero attached hydrogens (tertiary/aromatic N) is 1. The molecular weight excluding hydrogens is 162 g/mol. The maximum Gasteiger partial charge on any atom is 0.354 e. The average molecular weight is 167 g/mol. The first-order chi connectivity index (χ1) is 5.65. The van der Waals surface area contributed by atoms with Crippen LogP contribution in [0, 0.1) is 0 Å². The summed E-state index contributed by atoms with van der Waals surface area (Å²) in [6.07, 6.45) is 1.29. The Labute approximate surface area is 67.3 Å². The molecule has 5 nitrogen and oxygen atoms in total. The zero-order valence-electron chi connectivity index (χ0n) is 5.89. The van der Waals surface area contributed by atoms with Gasteiger partial charge in [0.25, 0.3) is 0 Å². The smallest absolute Gasteiger partial charge is 0.354 e. The number of aldehydes is 1. The second-order valence-corrected chi connectivity index (χ2v) is 2.05. The van der Waals surface area contributed by atoms with Gasteiger partial charge in [-0.1, -0.05) is 0 Å². The van der Waals surface area contributed by atoms with E-state index in [4.69, 9.17) is 10.2 Å². The van der Waals surface area contributed by atoms with Gasteiger partial charge >= 0.3 is 5.97 Å². The molecule has 0 aliphatic rings. The highest BCUT2D eigenvalue weighted by molar-refractivity contribution is 5.89. The molecule has 0 atom stereocenters. The molecular formula is C7H5NO4. The Hall–Kier alpha value is -1.91. The van der Waals surface area contributed by atoms with E-state index < -0.39 is 5.97 Å². The summed E-state index contributed by atoms with van der Waals surface area (Å²) >= 11 is 0. The molecule has 1 heterocycles. The average Bonchev–Trinajstić information content (AvgIpc) is 2.05. The van der Waals surface area contributed by atoms with Crippen LogP contribution in [0.5, 0.6) is 5.75 Å². The van der Waals surface area contributed by atoms with Crippen LogP contribution < -0.4 is 0 Å². The van der Waals surface area contributed by atoms with Gasteiger partial charge in [0.2, 0.25) is 0 Å². The Kier molecular flexibility index (Phi) is 2.05. The summed E-state index contributed by atoms with van der Waals surface area (Å²) in [5.74, 6) is -1.56. The minimum absolute atomic E-state index is 0.0811. The van der Waals surface area contributed by atoms with E-state index in [9.17, 15) is 9.59 Å². The molecule has 0 spiro atoms. The van der Waals surface area contributed by atoms with Gasteiger partial charge in [0.05, 0.1) is 11.8 Å². The Morgan fingerprint density at radius 1 is 1.58 bits per heavy atom. The van der Waals surface area contributed by atoms with E-state index in [0.29, 0.717) is 6.29 Å². The Bertz CT molecular complexity index is 334. The topological polar surface area (TPSA) is 87.5 Å². The third kappa shape index (κ3) is 1.39. The summed E-state index contributed by atoms with van der Waals surface area (Å²) in [4.78, 5) is 23.9. The monoisotopic (exact) mass is 167 g/mol. The molecule has 0 fully saturated rings. The maximum atomic E-state index is 10.3. The number of aromatic hydroxyl groups is 1. The molecule has 1 aromatic rings. The number of carboxylic acid groups (broad SMARTS) is 1. The van der Waals surface area contributed by atoms with Gasteiger partial charge in [-0.3, -0.25) is 4.79 Å². The van der Waals surface area contributed by atoms with Crippen molar-refractivity contribution in [3.05, 3.63) is 23.5 Å². The Morgan fingerprint density at radius 3 is 2.75 bits per heavy atom. The second kappa shape index (κ2) is 3.00. The minimum Gasteiger partial charge on any atom is -0.506 e. The summed E-state index contributed by atoms with van der Waals surface area (Å²) in [6, 6.07) is 1.00. The molecule has 1 aromatic heterocycles. The molecule has 62 valence electrons. The van der Waals surface area contributed by atoms with Crippen molar-refractivity contribution in [2.24, 2.45) is 0 Å². The van der Waals surface area contributed by atoms with Crippen molar-refractivity contribution in [3.63, 3.8) is 0 Å². The highest BCUT2D eigenvalue weighted by Gasteiger charge is 2.07. The quantitative estimate of drug-likeness (QED) is 0.618. The highest BCUT2D eigenvalue weighted by Crippen LogP contribution is 2.13. The van der Waals surface area contributed by atoms with Crippen LogP contribution in [0.2, 0.25) is 0 Å². The molecule has 0 aromatic carbocycles. The van der Waals surface area contributed by atoms with Gasteiger partial charge in [0, 0.05) is 0 Å². The van der Waals surface area contributed by atoms with Gasteiger partial charge in [-0.05, 0) is 6.07 Å². The molecule has 0 unspecified atom stereocenters. The van der Waals surface area contributed by atoms with Crippen molar-refractivity contribution >= 4 is 12.3 Å². The summed E-state index contributed by atoms with van der Waals surface area (Å²) in [5, 5.41) is 17.4. The molecule has 1 rings (SSSR count). The lowest BCUT2D eigenvalue weighted by Gasteiger charge is -1.96. The molecule has 2 N–H and O–H groups in total. The van der Waals surface area contributed by atoms with Gasteiger partial charge < -0.3 is 10.2 Å². The van der Waals surface area contributed by atoms with Crippen LogP contribution in [0.1, 0.15) is 20.8 Å². The summed E-state index contributed by atoms with van der Waals surface area (Å²) in [6.45, 7) is 0. The van der Waals surface area contributed by atoms with Crippen molar-refractivity contribution in [1.29, 1.82) is 0 Å².